The number of nitrogens with one attached hydrogen (secondary N) is 1. The van der Waals surface area contributed by atoms with Crippen LogP contribution < -0.4 is 5.32 Å². The molecular weight excluding hydrogens is 426 g/mol. The van der Waals surface area contributed by atoms with Crippen LogP contribution in [0.15, 0.2) is 77.5 Å². The van der Waals surface area contributed by atoms with E-state index in [1.165, 1.54) is 0 Å². The Bertz CT molecular complexity index is 1110. The number of phenolic OH excluding ortho intramolecular Hbond substituents is 1. The summed E-state index contributed by atoms with van der Waals surface area (Å²) < 4.78 is 0.912. The molecule has 0 radical (unpaired) electrons. The van der Waals surface area contributed by atoms with Gasteiger partial charge in [0.15, 0.2) is 0 Å². The first-order chi connectivity index (χ1) is 13.1. The molecule has 4 aromatic rings. The second-order valence-electron chi connectivity index (χ2n) is 6.01. The number of benzene rings is 2. The van der Waals surface area contributed by atoms with Gasteiger partial charge in [0.25, 0.3) is 0 Å². The van der Waals surface area contributed by atoms with E-state index in [-0.39, 0.29) is 11.8 Å². The number of aromatic nitrogens is 2. The topological polar surface area (TPSA) is 58.0 Å². The van der Waals surface area contributed by atoms with Crippen molar-refractivity contribution in [2.45, 2.75) is 6.04 Å². The minimum absolute atomic E-state index is 0.0965. The van der Waals surface area contributed by atoms with Gasteiger partial charge in [-0.1, -0.05) is 51.8 Å². The van der Waals surface area contributed by atoms with E-state index in [4.69, 9.17) is 11.6 Å². The third-order valence-corrected chi connectivity index (χ3v) is 5.36. The molecule has 2 aromatic carbocycles. The van der Waals surface area contributed by atoms with E-state index in [2.05, 4.69) is 31.2 Å². The van der Waals surface area contributed by atoms with Crippen molar-refractivity contribution < 1.29 is 5.11 Å². The summed E-state index contributed by atoms with van der Waals surface area (Å²) in [6.45, 7) is 0. The monoisotopic (exact) mass is 439 g/mol. The first kappa shape index (κ1) is 17.8. The fourth-order valence-electron chi connectivity index (χ4n) is 3.05. The minimum Gasteiger partial charge on any atom is -0.505 e. The Morgan fingerprint density at radius 3 is 2.48 bits per heavy atom. The summed E-state index contributed by atoms with van der Waals surface area (Å²) >= 11 is 10.1. The molecule has 2 aromatic heterocycles. The summed E-state index contributed by atoms with van der Waals surface area (Å²) in [5.74, 6) is 0.786. The summed E-state index contributed by atoms with van der Waals surface area (Å²) in [4.78, 5) is 8.68. The van der Waals surface area contributed by atoms with Gasteiger partial charge in [-0.25, -0.2) is 4.98 Å². The zero-order chi connectivity index (χ0) is 18.8. The van der Waals surface area contributed by atoms with Crippen LogP contribution in [-0.2, 0) is 0 Å². The largest absolute Gasteiger partial charge is 0.505 e. The lowest BCUT2D eigenvalue weighted by Gasteiger charge is -2.23. The number of halogens is 2. The molecule has 0 bridgehead atoms. The number of rotatable bonds is 4. The van der Waals surface area contributed by atoms with Gasteiger partial charge in [-0.3, -0.25) is 4.98 Å². The Kier molecular flexibility index (Phi) is 4.97. The van der Waals surface area contributed by atoms with Crippen LogP contribution >= 0.6 is 27.5 Å². The van der Waals surface area contributed by atoms with Crippen LogP contribution in [0.25, 0.3) is 10.9 Å². The lowest BCUT2D eigenvalue weighted by atomic mass is 9.96. The molecule has 4 rings (SSSR count). The maximum absolute atomic E-state index is 11.0. The van der Waals surface area contributed by atoms with E-state index in [1.807, 2.05) is 48.5 Å². The summed E-state index contributed by atoms with van der Waals surface area (Å²) in [6, 6.07) is 18.5. The standard InChI is InChI=1S/C21H15BrClN3O/c22-16-8-2-1-6-13(16)19(26-18-9-3-4-10-24-18)15-12-17(23)14-7-5-11-25-20(14)21(15)27/h1-12,19,27H,(H,24,26)/t19-/m1/s1. The van der Waals surface area contributed by atoms with Gasteiger partial charge in [-0.05, 0) is 42.0 Å². The van der Waals surface area contributed by atoms with Gasteiger partial charge < -0.3 is 10.4 Å². The number of hydrogen-bond donors (Lipinski definition) is 2. The van der Waals surface area contributed by atoms with Gasteiger partial charge in [0.05, 0.1) is 11.1 Å². The summed E-state index contributed by atoms with van der Waals surface area (Å²) in [5, 5.41) is 15.6. The van der Waals surface area contributed by atoms with Crippen molar-refractivity contribution in [3.63, 3.8) is 0 Å². The second kappa shape index (κ2) is 7.55. The average Bonchev–Trinajstić information content (AvgIpc) is 2.71. The molecule has 134 valence electrons. The molecular formula is C21H15BrClN3O. The number of phenols is 1. The van der Waals surface area contributed by atoms with Gasteiger partial charge in [0.2, 0.25) is 0 Å². The Hall–Kier alpha value is -2.63. The van der Waals surface area contributed by atoms with E-state index in [9.17, 15) is 5.11 Å². The molecule has 0 spiro atoms. The molecule has 1 atom stereocenters. The lowest BCUT2D eigenvalue weighted by molar-refractivity contribution is 0.471. The Labute approximate surface area is 170 Å². The molecule has 0 saturated heterocycles. The van der Waals surface area contributed by atoms with Crippen molar-refractivity contribution in [2.24, 2.45) is 0 Å². The number of aromatic hydroxyl groups is 1. The maximum Gasteiger partial charge on any atom is 0.147 e. The van der Waals surface area contributed by atoms with Crippen LogP contribution in [-0.4, -0.2) is 15.1 Å². The van der Waals surface area contributed by atoms with Crippen LogP contribution in [0, 0.1) is 0 Å². The van der Waals surface area contributed by atoms with Crippen LogP contribution in [0.3, 0.4) is 0 Å². The fourth-order valence-corrected chi connectivity index (χ4v) is 3.84. The van der Waals surface area contributed by atoms with E-state index >= 15 is 0 Å². The molecule has 2 N–H and O–H groups in total. The quantitative estimate of drug-likeness (QED) is 0.411. The van der Waals surface area contributed by atoms with Crippen LogP contribution in [0.2, 0.25) is 5.02 Å². The minimum atomic E-state index is -0.376. The van der Waals surface area contributed by atoms with Crippen molar-refractivity contribution in [3.05, 3.63) is 93.7 Å². The van der Waals surface area contributed by atoms with Crippen LogP contribution in [0.4, 0.5) is 5.82 Å². The molecule has 4 nitrogen and oxygen atoms in total. The molecule has 0 amide bonds. The van der Waals surface area contributed by atoms with Gasteiger partial charge in [-0.2, -0.15) is 0 Å². The number of anilines is 1. The molecule has 0 fully saturated rings. The van der Waals surface area contributed by atoms with Crippen molar-refractivity contribution in [3.8, 4) is 5.75 Å². The number of nitrogens with zero attached hydrogens (tertiary/aromatic N) is 2. The Balaban J connectivity index is 1.92. The second-order valence-corrected chi connectivity index (χ2v) is 7.27. The van der Waals surface area contributed by atoms with Crippen LogP contribution in [0.5, 0.6) is 5.75 Å². The Morgan fingerprint density at radius 2 is 1.70 bits per heavy atom. The average molecular weight is 441 g/mol. The normalized spacial score (nSPS) is 12.1. The highest BCUT2D eigenvalue weighted by atomic mass is 79.9. The Morgan fingerprint density at radius 1 is 0.926 bits per heavy atom. The summed E-state index contributed by atoms with van der Waals surface area (Å²) in [5.41, 5.74) is 2.05. The predicted octanol–water partition coefficient (Wildman–Crippen LogP) is 5.95. The highest BCUT2D eigenvalue weighted by molar-refractivity contribution is 9.10. The van der Waals surface area contributed by atoms with Gasteiger partial charge in [0, 0.05) is 27.8 Å². The summed E-state index contributed by atoms with van der Waals surface area (Å²) in [7, 11) is 0. The van der Waals surface area contributed by atoms with Crippen molar-refractivity contribution in [2.75, 3.05) is 5.32 Å². The van der Waals surface area contributed by atoms with E-state index in [1.54, 1.807) is 24.5 Å². The van der Waals surface area contributed by atoms with E-state index in [0.717, 1.165) is 10.0 Å². The molecule has 0 aliphatic rings. The lowest BCUT2D eigenvalue weighted by Crippen LogP contribution is -2.14. The smallest absolute Gasteiger partial charge is 0.147 e. The molecule has 0 aliphatic carbocycles. The molecule has 6 heteroatoms. The summed E-state index contributed by atoms with van der Waals surface area (Å²) in [6.07, 6.45) is 3.36. The van der Waals surface area contributed by atoms with Crippen molar-refractivity contribution >= 4 is 44.3 Å². The number of fused-ring (bicyclic) bond motifs is 1. The zero-order valence-corrected chi connectivity index (χ0v) is 16.4. The van der Waals surface area contributed by atoms with Crippen LogP contribution in [0.1, 0.15) is 17.2 Å². The van der Waals surface area contributed by atoms with Gasteiger partial charge in [0.1, 0.15) is 17.1 Å². The van der Waals surface area contributed by atoms with E-state index in [0.29, 0.717) is 27.3 Å². The maximum atomic E-state index is 11.0. The third kappa shape index (κ3) is 3.48. The molecule has 2 heterocycles. The predicted molar refractivity (Wildman–Crippen MR) is 112 cm³/mol. The SMILES string of the molecule is Oc1c([C@H](Nc2ccccn2)c2ccccc2Br)cc(Cl)c2cccnc12. The molecule has 0 aliphatic heterocycles. The highest BCUT2D eigenvalue weighted by Gasteiger charge is 2.23. The number of hydrogen-bond acceptors (Lipinski definition) is 4. The molecule has 0 saturated carbocycles. The number of pyridine rings is 2. The van der Waals surface area contributed by atoms with Crippen molar-refractivity contribution in [1.29, 1.82) is 0 Å². The molecule has 0 unspecified atom stereocenters. The third-order valence-electron chi connectivity index (χ3n) is 4.33. The zero-order valence-electron chi connectivity index (χ0n) is 14.1. The highest BCUT2D eigenvalue weighted by Crippen LogP contribution is 2.41. The van der Waals surface area contributed by atoms with Gasteiger partial charge in [-0.15, -0.1) is 0 Å². The first-order valence-corrected chi connectivity index (χ1v) is 9.50. The van der Waals surface area contributed by atoms with Crippen molar-refractivity contribution in [1.82, 2.24) is 9.97 Å². The first-order valence-electron chi connectivity index (χ1n) is 8.33. The van der Waals surface area contributed by atoms with Gasteiger partial charge >= 0.3 is 0 Å². The molecule has 27 heavy (non-hydrogen) atoms. The van der Waals surface area contributed by atoms with E-state index < -0.39 is 0 Å². The fraction of sp³-hybridized carbons (Fsp3) is 0.0476.